The number of hydrogen-bond acceptors (Lipinski definition) is 4. The Morgan fingerprint density at radius 3 is 2.86 bits per heavy atom. The molecule has 1 heterocycles. The maximum absolute atomic E-state index is 12.0. The summed E-state index contributed by atoms with van der Waals surface area (Å²) in [5.41, 5.74) is 1.37. The molecule has 1 aromatic rings. The van der Waals surface area contributed by atoms with Gasteiger partial charge >= 0.3 is 0 Å². The molecule has 0 unspecified atom stereocenters. The largest absolute Gasteiger partial charge is 0.454 e. The van der Waals surface area contributed by atoms with Crippen molar-refractivity contribution in [1.82, 2.24) is 5.32 Å². The molecule has 108 valence electrons. The van der Waals surface area contributed by atoms with Crippen molar-refractivity contribution in [2.24, 2.45) is 0 Å². The maximum atomic E-state index is 12.0. The van der Waals surface area contributed by atoms with Gasteiger partial charge in [-0.1, -0.05) is 18.2 Å². The lowest BCUT2D eigenvalue weighted by atomic mass is 10.1. The van der Waals surface area contributed by atoms with E-state index in [0.717, 1.165) is 18.5 Å². The summed E-state index contributed by atoms with van der Waals surface area (Å²) in [4.78, 5) is 12.0. The van der Waals surface area contributed by atoms with E-state index in [2.05, 4.69) is 10.6 Å². The second kappa shape index (κ2) is 5.97. The molecule has 2 N–H and O–H groups in total. The van der Waals surface area contributed by atoms with Crippen molar-refractivity contribution in [2.45, 2.75) is 12.8 Å². The van der Waals surface area contributed by atoms with E-state index in [4.69, 9.17) is 21.7 Å². The lowest BCUT2D eigenvalue weighted by Gasteiger charge is -2.11. The number of nitrogens with one attached hydrogen (secondary N) is 2. The van der Waals surface area contributed by atoms with Crippen LogP contribution in [0.4, 0.5) is 5.69 Å². The molecule has 1 amide bonds. The number of rotatable bonds is 2. The minimum atomic E-state index is -0.204. The molecule has 1 aliphatic heterocycles. The summed E-state index contributed by atoms with van der Waals surface area (Å²) in [7, 11) is 0. The number of anilines is 1. The van der Waals surface area contributed by atoms with Crippen LogP contribution in [0.3, 0.4) is 0 Å². The van der Waals surface area contributed by atoms with Crippen LogP contribution in [0.25, 0.3) is 0 Å². The van der Waals surface area contributed by atoms with E-state index in [1.807, 2.05) is 24.3 Å². The standard InChI is InChI=1S/C15H14N2O3S/c18-14(10-4-2-1-3-5-10)17-15(21)16-11-6-7-12-13(8-11)20-9-19-12/h2,4-8H,1,3,9H2,(H2,16,17,18,21). The third-order valence-electron chi connectivity index (χ3n) is 3.11. The first-order valence-corrected chi connectivity index (χ1v) is 7.02. The quantitative estimate of drug-likeness (QED) is 0.822. The fourth-order valence-corrected chi connectivity index (χ4v) is 2.30. The number of amides is 1. The third kappa shape index (κ3) is 3.22. The molecule has 21 heavy (non-hydrogen) atoms. The highest BCUT2D eigenvalue weighted by molar-refractivity contribution is 7.80. The van der Waals surface area contributed by atoms with Crippen molar-refractivity contribution >= 4 is 28.9 Å². The summed E-state index contributed by atoms with van der Waals surface area (Å²) in [5, 5.41) is 5.86. The molecule has 1 aliphatic carbocycles. The van der Waals surface area contributed by atoms with Crippen LogP contribution in [-0.2, 0) is 4.79 Å². The molecule has 3 rings (SSSR count). The average Bonchev–Trinajstić information content (AvgIpc) is 2.95. The van der Waals surface area contributed by atoms with E-state index in [-0.39, 0.29) is 17.8 Å². The van der Waals surface area contributed by atoms with Gasteiger partial charge in [0, 0.05) is 17.3 Å². The summed E-state index contributed by atoms with van der Waals surface area (Å²) in [6, 6.07) is 5.38. The van der Waals surface area contributed by atoms with Crippen LogP contribution in [0.15, 0.2) is 42.0 Å². The number of fused-ring (bicyclic) bond motifs is 1. The van der Waals surface area contributed by atoms with E-state index in [0.29, 0.717) is 17.1 Å². The van der Waals surface area contributed by atoms with Gasteiger partial charge in [0.25, 0.3) is 5.91 Å². The van der Waals surface area contributed by atoms with Crippen LogP contribution < -0.4 is 20.1 Å². The van der Waals surface area contributed by atoms with Crippen LogP contribution in [0.2, 0.25) is 0 Å². The Hall–Kier alpha value is -2.34. The minimum Gasteiger partial charge on any atom is -0.454 e. The first-order valence-electron chi connectivity index (χ1n) is 6.61. The van der Waals surface area contributed by atoms with E-state index in [1.165, 1.54) is 0 Å². The Morgan fingerprint density at radius 2 is 2.05 bits per heavy atom. The van der Waals surface area contributed by atoms with Gasteiger partial charge in [-0.3, -0.25) is 10.1 Å². The summed E-state index contributed by atoms with van der Waals surface area (Å²) >= 11 is 5.14. The van der Waals surface area contributed by atoms with Gasteiger partial charge in [-0.15, -0.1) is 0 Å². The predicted octanol–water partition coefficient (Wildman–Crippen LogP) is 2.50. The summed E-state index contributed by atoms with van der Waals surface area (Å²) in [6.07, 6.45) is 7.53. The number of carbonyl (C=O) groups is 1. The van der Waals surface area contributed by atoms with Crippen molar-refractivity contribution in [3.63, 3.8) is 0 Å². The molecule has 0 saturated carbocycles. The Labute approximate surface area is 127 Å². The SMILES string of the molecule is O=C(NC(=S)Nc1ccc2c(c1)OCO2)C1=CCCC=C1. The van der Waals surface area contributed by atoms with Gasteiger partial charge in [-0.05, 0) is 37.2 Å². The Balaban J connectivity index is 1.60. The molecule has 0 spiro atoms. The second-order valence-electron chi connectivity index (χ2n) is 4.62. The number of allylic oxidation sites excluding steroid dienone is 2. The van der Waals surface area contributed by atoms with Gasteiger partial charge < -0.3 is 14.8 Å². The molecular weight excluding hydrogens is 288 g/mol. The van der Waals surface area contributed by atoms with Crippen molar-refractivity contribution in [1.29, 1.82) is 0 Å². The average molecular weight is 302 g/mol. The van der Waals surface area contributed by atoms with Crippen LogP contribution in [0.1, 0.15) is 12.8 Å². The van der Waals surface area contributed by atoms with Crippen molar-refractivity contribution in [2.75, 3.05) is 12.1 Å². The number of ether oxygens (including phenoxy) is 2. The highest BCUT2D eigenvalue weighted by Gasteiger charge is 2.14. The fourth-order valence-electron chi connectivity index (χ4n) is 2.09. The lowest BCUT2D eigenvalue weighted by molar-refractivity contribution is -0.115. The second-order valence-corrected chi connectivity index (χ2v) is 5.02. The molecule has 1 aromatic carbocycles. The monoisotopic (exact) mass is 302 g/mol. The van der Waals surface area contributed by atoms with Crippen molar-refractivity contribution < 1.29 is 14.3 Å². The van der Waals surface area contributed by atoms with Gasteiger partial charge in [0.2, 0.25) is 6.79 Å². The molecule has 6 heteroatoms. The molecular formula is C15H14N2O3S. The van der Waals surface area contributed by atoms with E-state index in [9.17, 15) is 4.79 Å². The zero-order chi connectivity index (χ0) is 14.7. The van der Waals surface area contributed by atoms with E-state index in [1.54, 1.807) is 12.1 Å². The fraction of sp³-hybridized carbons (Fsp3) is 0.200. The smallest absolute Gasteiger partial charge is 0.257 e. The molecule has 0 saturated heterocycles. The molecule has 0 aromatic heterocycles. The van der Waals surface area contributed by atoms with Crippen LogP contribution in [0.5, 0.6) is 11.5 Å². The van der Waals surface area contributed by atoms with Gasteiger partial charge in [0.05, 0.1) is 0 Å². The van der Waals surface area contributed by atoms with Gasteiger partial charge in [-0.25, -0.2) is 0 Å². The Kier molecular flexibility index (Phi) is 3.87. The highest BCUT2D eigenvalue weighted by Crippen LogP contribution is 2.34. The predicted molar refractivity (Wildman–Crippen MR) is 83.4 cm³/mol. The maximum Gasteiger partial charge on any atom is 0.257 e. The van der Waals surface area contributed by atoms with Crippen LogP contribution >= 0.6 is 12.2 Å². The third-order valence-corrected chi connectivity index (χ3v) is 3.32. The van der Waals surface area contributed by atoms with Gasteiger partial charge in [0.1, 0.15) is 0 Å². The molecule has 0 atom stereocenters. The molecule has 5 nitrogen and oxygen atoms in total. The minimum absolute atomic E-state index is 0.204. The van der Waals surface area contributed by atoms with Gasteiger partial charge in [-0.2, -0.15) is 0 Å². The number of thiocarbonyl (C=S) groups is 1. The molecule has 2 aliphatic rings. The zero-order valence-corrected chi connectivity index (χ0v) is 12.0. The topological polar surface area (TPSA) is 59.6 Å². The summed E-state index contributed by atoms with van der Waals surface area (Å²) in [5.74, 6) is 1.16. The lowest BCUT2D eigenvalue weighted by Crippen LogP contribution is -2.34. The molecule has 0 bridgehead atoms. The number of hydrogen-bond donors (Lipinski definition) is 2. The number of benzene rings is 1. The van der Waals surface area contributed by atoms with Crippen molar-refractivity contribution in [3.05, 3.63) is 42.0 Å². The molecule has 0 radical (unpaired) electrons. The summed E-state index contributed by atoms with van der Waals surface area (Å²) < 4.78 is 10.5. The first-order chi connectivity index (χ1) is 10.2. The molecule has 0 fully saturated rings. The Morgan fingerprint density at radius 1 is 1.19 bits per heavy atom. The van der Waals surface area contributed by atoms with Gasteiger partial charge in [0.15, 0.2) is 16.6 Å². The highest BCUT2D eigenvalue weighted by atomic mass is 32.1. The zero-order valence-electron chi connectivity index (χ0n) is 11.2. The first kappa shape index (κ1) is 13.6. The summed E-state index contributed by atoms with van der Waals surface area (Å²) in [6.45, 7) is 0.223. The Bertz CT molecular complexity index is 652. The van der Waals surface area contributed by atoms with E-state index >= 15 is 0 Å². The number of carbonyl (C=O) groups excluding carboxylic acids is 1. The van der Waals surface area contributed by atoms with Crippen molar-refractivity contribution in [3.8, 4) is 11.5 Å². The van der Waals surface area contributed by atoms with E-state index < -0.39 is 0 Å². The van der Waals surface area contributed by atoms with Crippen LogP contribution in [0, 0.1) is 0 Å². The normalized spacial score (nSPS) is 15.3. The van der Waals surface area contributed by atoms with Crippen LogP contribution in [-0.4, -0.2) is 17.8 Å².